The van der Waals surface area contributed by atoms with E-state index in [1.165, 1.54) is 0 Å². The van der Waals surface area contributed by atoms with Gasteiger partial charge >= 0.3 is 0 Å². The Morgan fingerprint density at radius 2 is 1.88 bits per heavy atom. The Hall–Kier alpha value is -0.800. The Morgan fingerprint density at radius 1 is 1.25 bits per heavy atom. The predicted molar refractivity (Wildman–Crippen MR) is 68.0 cm³/mol. The molecule has 1 heterocycles. The number of halogens is 1. The van der Waals surface area contributed by atoms with Gasteiger partial charge in [-0.3, -0.25) is 0 Å². The van der Waals surface area contributed by atoms with Crippen molar-refractivity contribution < 1.29 is 5.11 Å². The van der Waals surface area contributed by atoms with Crippen LogP contribution in [0, 0.1) is 0 Å². The number of aromatic nitrogens is 1. The molecule has 0 bridgehead atoms. The molecule has 0 radical (unpaired) electrons. The van der Waals surface area contributed by atoms with Crippen LogP contribution in [0.5, 0.6) is 0 Å². The molecule has 1 rings (SSSR count). The fourth-order valence-electron chi connectivity index (χ4n) is 1.64. The van der Waals surface area contributed by atoms with Crippen LogP contribution in [-0.4, -0.2) is 23.2 Å². The van der Waals surface area contributed by atoms with Gasteiger partial charge in [-0.1, -0.05) is 25.4 Å². The number of anilines is 1. The molecule has 0 atom stereocenters. The van der Waals surface area contributed by atoms with Crippen LogP contribution in [0.25, 0.3) is 0 Å². The van der Waals surface area contributed by atoms with Crippen molar-refractivity contribution in [3.05, 3.63) is 22.8 Å². The van der Waals surface area contributed by atoms with Crippen LogP contribution in [0.4, 0.5) is 5.82 Å². The molecule has 0 saturated heterocycles. The molecule has 1 N–H and O–H groups in total. The van der Waals surface area contributed by atoms with Gasteiger partial charge < -0.3 is 10.0 Å². The van der Waals surface area contributed by atoms with Crippen molar-refractivity contribution in [2.45, 2.75) is 33.3 Å². The number of aliphatic hydroxyl groups excluding tert-OH is 1. The Labute approximate surface area is 102 Å². The minimum Gasteiger partial charge on any atom is -0.390 e. The average molecular weight is 243 g/mol. The van der Waals surface area contributed by atoms with Crippen molar-refractivity contribution in [3.8, 4) is 0 Å². The summed E-state index contributed by atoms with van der Waals surface area (Å²) in [6.07, 6.45) is 2.16. The van der Waals surface area contributed by atoms with E-state index >= 15 is 0 Å². The van der Waals surface area contributed by atoms with Gasteiger partial charge in [0.1, 0.15) is 5.82 Å². The van der Waals surface area contributed by atoms with Crippen molar-refractivity contribution in [2.24, 2.45) is 0 Å². The molecule has 0 unspecified atom stereocenters. The zero-order valence-corrected chi connectivity index (χ0v) is 10.7. The summed E-state index contributed by atoms with van der Waals surface area (Å²) >= 11 is 5.91. The number of pyridine rings is 1. The first-order chi connectivity index (χ1) is 7.72. The summed E-state index contributed by atoms with van der Waals surface area (Å²) in [6, 6.07) is 3.71. The number of hydrogen-bond acceptors (Lipinski definition) is 3. The molecule has 0 aliphatic rings. The molecule has 0 saturated carbocycles. The quantitative estimate of drug-likeness (QED) is 0.834. The average Bonchev–Trinajstić information content (AvgIpc) is 2.29. The van der Waals surface area contributed by atoms with E-state index in [4.69, 9.17) is 16.7 Å². The monoisotopic (exact) mass is 242 g/mol. The van der Waals surface area contributed by atoms with Crippen molar-refractivity contribution >= 4 is 17.4 Å². The maximum absolute atomic E-state index is 9.12. The normalized spacial score (nSPS) is 10.5. The van der Waals surface area contributed by atoms with Crippen molar-refractivity contribution in [3.63, 3.8) is 0 Å². The Morgan fingerprint density at radius 3 is 2.38 bits per heavy atom. The minimum atomic E-state index is -0.112. The van der Waals surface area contributed by atoms with Gasteiger partial charge in [0.2, 0.25) is 0 Å². The second-order valence-corrected chi connectivity index (χ2v) is 4.15. The van der Waals surface area contributed by atoms with Crippen LogP contribution in [0.1, 0.15) is 32.4 Å². The van der Waals surface area contributed by atoms with Gasteiger partial charge in [0, 0.05) is 13.1 Å². The maximum Gasteiger partial charge on any atom is 0.129 e. The van der Waals surface area contributed by atoms with E-state index in [1.54, 1.807) is 6.07 Å². The summed E-state index contributed by atoms with van der Waals surface area (Å²) in [5.74, 6) is 0.900. The number of rotatable bonds is 6. The Balaban J connectivity index is 2.90. The second-order valence-electron chi connectivity index (χ2n) is 3.74. The third kappa shape index (κ3) is 3.35. The smallest absolute Gasteiger partial charge is 0.129 e. The van der Waals surface area contributed by atoms with E-state index in [0.717, 1.165) is 31.7 Å². The molecular formula is C12H19ClN2O. The van der Waals surface area contributed by atoms with Crippen LogP contribution in [0.3, 0.4) is 0 Å². The molecule has 90 valence electrons. The number of aliphatic hydroxyl groups is 1. The molecule has 0 aromatic carbocycles. The van der Waals surface area contributed by atoms with Crippen molar-refractivity contribution in [2.75, 3.05) is 18.0 Å². The van der Waals surface area contributed by atoms with Gasteiger partial charge in [0.05, 0.1) is 17.3 Å². The number of hydrogen-bond donors (Lipinski definition) is 1. The van der Waals surface area contributed by atoms with E-state index in [2.05, 4.69) is 23.7 Å². The Bertz CT molecular complexity index is 325. The lowest BCUT2D eigenvalue weighted by atomic mass is 10.3. The van der Waals surface area contributed by atoms with Crippen LogP contribution in [-0.2, 0) is 6.61 Å². The summed E-state index contributed by atoms with van der Waals surface area (Å²) < 4.78 is 0. The third-order valence-corrected chi connectivity index (χ3v) is 2.71. The molecule has 3 nitrogen and oxygen atoms in total. The highest BCUT2D eigenvalue weighted by Crippen LogP contribution is 2.19. The van der Waals surface area contributed by atoms with Gasteiger partial charge in [0.15, 0.2) is 0 Å². The SMILES string of the molecule is CCCN(CCC)c1ccc(Cl)c(CO)n1. The fraction of sp³-hybridized carbons (Fsp3) is 0.583. The first kappa shape index (κ1) is 13.3. The Kier molecular flexibility index (Phi) is 5.56. The standard InChI is InChI=1S/C12H19ClN2O/c1-3-7-15(8-4-2)12-6-5-10(13)11(9-16)14-12/h5-6,16H,3-4,7-9H2,1-2H3. The van der Waals surface area contributed by atoms with E-state index in [0.29, 0.717) is 10.7 Å². The third-order valence-electron chi connectivity index (χ3n) is 2.36. The van der Waals surface area contributed by atoms with Gasteiger partial charge in [0.25, 0.3) is 0 Å². The molecule has 4 heteroatoms. The fourth-order valence-corrected chi connectivity index (χ4v) is 1.81. The first-order valence-electron chi connectivity index (χ1n) is 5.74. The topological polar surface area (TPSA) is 36.4 Å². The molecule has 0 fully saturated rings. The lowest BCUT2D eigenvalue weighted by Crippen LogP contribution is -2.26. The van der Waals surface area contributed by atoms with E-state index in [9.17, 15) is 0 Å². The van der Waals surface area contributed by atoms with Gasteiger partial charge in [-0.05, 0) is 25.0 Å². The summed E-state index contributed by atoms with van der Waals surface area (Å²) in [5, 5.41) is 9.65. The molecule has 1 aromatic rings. The summed E-state index contributed by atoms with van der Waals surface area (Å²) in [7, 11) is 0. The summed E-state index contributed by atoms with van der Waals surface area (Å²) in [4.78, 5) is 6.59. The summed E-state index contributed by atoms with van der Waals surface area (Å²) in [5.41, 5.74) is 0.552. The highest BCUT2D eigenvalue weighted by Gasteiger charge is 2.08. The van der Waals surface area contributed by atoms with Gasteiger partial charge in [-0.25, -0.2) is 4.98 Å². The van der Waals surface area contributed by atoms with E-state index in [-0.39, 0.29) is 6.61 Å². The zero-order valence-electron chi connectivity index (χ0n) is 9.91. The lowest BCUT2D eigenvalue weighted by molar-refractivity contribution is 0.277. The molecular weight excluding hydrogens is 224 g/mol. The molecule has 0 spiro atoms. The van der Waals surface area contributed by atoms with Gasteiger partial charge in [-0.15, -0.1) is 0 Å². The van der Waals surface area contributed by atoms with Gasteiger partial charge in [-0.2, -0.15) is 0 Å². The van der Waals surface area contributed by atoms with E-state index < -0.39 is 0 Å². The molecule has 16 heavy (non-hydrogen) atoms. The number of nitrogens with zero attached hydrogens (tertiary/aromatic N) is 2. The molecule has 0 amide bonds. The van der Waals surface area contributed by atoms with Crippen LogP contribution >= 0.6 is 11.6 Å². The van der Waals surface area contributed by atoms with Crippen LogP contribution < -0.4 is 4.90 Å². The second kappa shape index (κ2) is 6.71. The highest BCUT2D eigenvalue weighted by atomic mass is 35.5. The maximum atomic E-state index is 9.12. The van der Waals surface area contributed by atoms with Crippen molar-refractivity contribution in [1.82, 2.24) is 4.98 Å². The van der Waals surface area contributed by atoms with Crippen LogP contribution in [0.15, 0.2) is 12.1 Å². The first-order valence-corrected chi connectivity index (χ1v) is 6.11. The van der Waals surface area contributed by atoms with Crippen molar-refractivity contribution in [1.29, 1.82) is 0 Å². The largest absolute Gasteiger partial charge is 0.390 e. The molecule has 1 aromatic heterocycles. The van der Waals surface area contributed by atoms with Crippen LogP contribution in [0.2, 0.25) is 5.02 Å². The lowest BCUT2D eigenvalue weighted by Gasteiger charge is -2.23. The van der Waals surface area contributed by atoms with E-state index in [1.807, 2.05) is 6.07 Å². The predicted octanol–water partition coefficient (Wildman–Crippen LogP) is 2.85. The molecule has 0 aliphatic heterocycles. The highest BCUT2D eigenvalue weighted by molar-refractivity contribution is 6.31. The molecule has 0 aliphatic carbocycles. The minimum absolute atomic E-state index is 0.112. The summed E-state index contributed by atoms with van der Waals surface area (Å²) in [6.45, 7) is 6.14. The zero-order chi connectivity index (χ0) is 12.0.